The largest absolute Gasteiger partial charge is 0.337 e. The van der Waals surface area contributed by atoms with E-state index in [0.717, 1.165) is 16.9 Å². The van der Waals surface area contributed by atoms with Crippen LogP contribution in [0, 0.1) is 0 Å². The summed E-state index contributed by atoms with van der Waals surface area (Å²) in [5, 5.41) is 2.73. The summed E-state index contributed by atoms with van der Waals surface area (Å²) >= 11 is 0. The molecule has 0 radical (unpaired) electrons. The van der Waals surface area contributed by atoms with Crippen molar-refractivity contribution in [2.75, 3.05) is 5.32 Å². The smallest absolute Gasteiger partial charge is 0.307 e. The molecule has 0 aliphatic carbocycles. The van der Waals surface area contributed by atoms with E-state index in [-0.39, 0.29) is 6.03 Å². The maximum absolute atomic E-state index is 11.8. The summed E-state index contributed by atoms with van der Waals surface area (Å²) in [4.78, 5) is 11.8. The average Bonchev–Trinajstić information content (AvgIpc) is 2.50. The molecule has 0 heterocycles. The van der Waals surface area contributed by atoms with E-state index < -0.39 is 0 Å². The van der Waals surface area contributed by atoms with Gasteiger partial charge in [-0.15, -0.1) is 0 Å². The summed E-state index contributed by atoms with van der Waals surface area (Å²) in [6, 6.07) is 18.8. The number of rotatable bonds is 4. The molecule has 0 saturated carbocycles. The number of carbonyl (C=O) groups is 1. The number of carbonyl (C=O) groups excluding carboxylic acids is 1. The van der Waals surface area contributed by atoms with E-state index in [0.29, 0.717) is 0 Å². The van der Waals surface area contributed by atoms with Crippen LogP contribution in [0.2, 0.25) is 0 Å². The Kier molecular flexibility index (Phi) is 4.78. The number of benzene rings is 2. The van der Waals surface area contributed by atoms with Gasteiger partial charge < -0.3 is 5.32 Å². The lowest BCUT2D eigenvalue weighted by atomic mass is 10.1. The molecule has 0 aliphatic rings. The standard InChI is InChI=1S/C16H17N3O/c1-2-15(13-9-5-3-6-10-13)18-19-16(20)17-14-11-7-4-8-12-14/h2-12,18H,1H3,(H2,17,19,20)/b15-2-. The third-order valence-electron chi connectivity index (χ3n) is 2.72. The van der Waals surface area contributed by atoms with Gasteiger partial charge in [0.15, 0.2) is 0 Å². The fourth-order valence-corrected chi connectivity index (χ4v) is 1.74. The first-order valence-electron chi connectivity index (χ1n) is 6.39. The fourth-order valence-electron chi connectivity index (χ4n) is 1.74. The molecule has 20 heavy (non-hydrogen) atoms. The Morgan fingerprint density at radius 3 is 2.10 bits per heavy atom. The zero-order valence-electron chi connectivity index (χ0n) is 11.3. The molecule has 3 N–H and O–H groups in total. The second-order valence-corrected chi connectivity index (χ2v) is 4.14. The van der Waals surface area contributed by atoms with E-state index in [2.05, 4.69) is 16.2 Å². The first kappa shape index (κ1) is 13.7. The molecular weight excluding hydrogens is 250 g/mol. The molecule has 0 saturated heterocycles. The van der Waals surface area contributed by atoms with Gasteiger partial charge in [-0.3, -0.25) is 10.9 Å². The SMILES string of the molecule is C/C=C(\NNC(=O)Nc1ccccc1)c1ccccc1. The van der Waals surface area contributed by atoms with Crippen molar-refractivity contribution in [1.82, 2.24) is 10.9 Å². The molecule has 0 unspecified atom stereocenters. The molecule has 2 aromatic carbocycles. The van der Waals surface area contributed by atoms with Crippen LogP contribution in [0.5, 0.6) is 0 Å². The van der Waals surface area contributed by atoms with Crippen LogP contribution in [0.4, 0.5) is 10.5 Å². The lowest BCUT2D eigenvalue weighted by Crippen LogP contribution is -2.39. The van der Waals surface area contributed by atoms with Crippen molar-refractivity contribution in [1.29, 1.82) is 0 Å². The van der Waals surface area contributed by atoms with Crippen LogP contribution in [0.25, 0.3) is 5.70 Å². The van der Waals surface area contributed by atoms with Crippen LogP contribution < -0.4 is 16.2 Å². The normalized spacial score (nSPS) is 10.8. The van der Waals surface area contributed by atoms with Gasteiger partial charge in [-0.05, 0) is 24.6 Å². The highest BCUT2D eigenvalue weighted by molar-refractivity contribution is 5.89. The number of para-hydroxylation sites is 1. The van der Waals surface area contributed by atoms with Gasteiger partial charge in [0.1, 0.15) is 0 Å². The van der Waals surface area contributed by atoms with Gasteiger partial charge in [-0.1, -0.05) is 54.6 Å². The minimum absolute atomic E-state index is 0.313. The Morgan fingerprint density at radius 1 is 0.900 bits per heavy atom. The van der Waals surface area contributed by atoms with Crippen molar-refractivity contribution in [3.05, 3.63) is 72.3 Å². The molecule has 4 nitrogen and oxygen atoms in total. The molecule has 102 valence electrons. The molecular formula is C16H17N3O. The molecule has 0 fully saturated rings. The summed E-state index contributed by atoms with van der Waals surface area (Å²) in [7, 11) is 0. The zero-order chi connectivity index (χ0) is 14.2. The molecule has 2 aromatic rings. The third-order valence-corrected chi connectivity index (χ3v) is 2.72. The Morgan fingerprint density at radius 2 is 1.50 bits per heavy atom. The number of anilines is 1. The van der Waals surface area contributed by atoms with E-state index in [1.807, 2.05) is 73.7 Å². The first-order valence-corrected chi connectivity index (χ1v) is 6.39. The molecule has 2 amide bonds. The van der Waals surface area contributed by atoms with Gasteiger partial charge >= 0.3 is 6.03 Å². The summed E-state index contributed by atoms with van der Waals surface area (Å²) in [5.74, 6) is 0. The van der Waals surface area contributed by atoms with Gasteiger partial charge in [-0.25, -0.2) is 4.79 Å². The highest BCUT2D eigenvalue weighted by Crippen LogP contribution is 2.09. The van der Waals surface area contributed by atoms with Gasteiger partial charge in [0.25, 0.3) is 0 Å². The second-order valence-electron chi connectivity index (χ2n) is 4.14. The zero-order valence-corrected chi connectivity index (χ0v) is 11.3. The Balaban J connectivity index is 1.90. The van der Waals surface area contributed by atoms with Gasteiger partial charge in [0, 0.05) is 5.69 Å². The third kappa shape index (κ3) is 3.88. The number of hydrogen-bond acceptors (Lipinski definition) is 2. The number of allylic oxidation sites excluding steroid dienone is 1. The second kappa shape index (κ2) is 6.99. The molecule has 2 rings (SSSR count). The van der Waals surface area contributed by atoms with E-state index in [1.165, 1.54) is 0 Å². The predicted molar refractivity (Wildman–Crippen MR) is 81.8 cm³/mol. The Hall–Kier alpha value is -2.75. The maximum Gasteiger partial charge on any atom is 0.337 e. The minimum Gasteiger partial charge on any atom is -0.307 e. The van der Waals surface area contributed by atoms with E-state index >= 15 is 0 Å². The molecule has 0 aromatic heterocycles. The number of amides is 2. The first-order chi connectivity index (χ1) is 9.79. The highest BCUT2D eigenvalue weighted by atomic mass is 16.2. The highest BCUT2D eigenvalue weighted by Gasteiger charge is 2.03. The van der Waals surface area contributed by atoms with Crippen LogP contribution >= 0.6 is 0 Å². The monoisotopic (exact) mass is 267 g/mol. The van der Waals surface area contributed by atoms with Crippen LogP contribution in [-0.4, -0.2) is 6.03 Å². The summed E-state index contributed by atoms with van der Waals surface area (Å²) in [5.41, 5.74) is 8.11. The topological polar surface area (TPSA) is 53.2 Å². The lowest BCUT2D eigenvalue weighted by Gasteiger charge is -2.13. The molecule has 0 aliphatic heterocycles. The Labute approximate surface area is 118 Å². The van der Waals surface area contributed by atoms with Crippen molar-refractivity contribution in [2.24, 2.45) is 0 Å². The van der Waals surface area contributed by atoms with Crippen LogP contribution in [0.1, 0.15) is 12.5 Å². The number of hydrazine groups is 1. The van der Waals surface area contributed by atoms with Crippen molar-refractivity contribution in [2.45, 2.75) is 6.92 Å². The van der Waals surface area contributed by atoms with Crippen molar-refractivity contribution in [3.63, 3.8) is 0 Å². The van der Waals surface area contributed by atoms with Crippen LogP contribution in [0.15, 0.2) is 66.7 Å². The Bertz CT molecular complexity index is 579. The van der Waals surface area contributed by atoms with Crippen molar-refractivity contribution < 1.29 is 4.79 Å². The quantitative estimate of drug-likeness (QED) is 0.744. The summed E-state index contributed by atoms with van der Waals surface area (Å²) < 4.78 is 0. The number of nitrogens with one attached hydrogen (secondary N) is 3. The van der Waals surface area contributed by atoms with Gasteiger partial charge in [0.2, 0.25) is 0 Å². The van der Waals surface area contributed by atoms with Gasteiger partial charge in [0.05, 0.1) is 5.70 Å². The summed E-state index contributed by atoms with van der Waals surface area (Å²) in [6.45, 7) is 1.91. The van der Waals surface area contributed by atoms with E-state index in [4.69, 9.17) is 0 Å². The lowest BCUT2D eigenvalue weighted by molar-refractivity contribution is 0.250. The van der Waals surface area contributed by atoms with Gasteiger partial charge in [-0.2, -0.15) is 0 Å². The van der Waals surface area contributed by atoms with Crippen LogP contribution in [0.3, 0.4) is 0 Å². The van der Waals surface area contributed by atoms with E-state index in [9.17, 15) is 4.79 Å². The van der Waals surface area contributed by atoms with Crippen molar-refractivity contribution >= 4 is 17.4 Å². The van der Waals surface area contributed by atoms with Crippen LogP contribution in [-0.2, 0) is 0 Å². The molecule has 0 spiro atoms. The minimum atomic E-state index is -0.313. The molecule has 0 atom stereocenters. The molecule has 4 heteroatoms. The van der Waals surface area contributed by atoms with Crippen molar-refractivity contribution in [3.8, 4) is 0 Å². The number of urea groups is 1. The maximum atomic E-state index is 11.8. The van der Waals surface area contributed by atoms with E-state index in [1.54, 1.807) is 0 Å². The average molecular weight is 267 g/mol. The summed E-state index contributed by atoms with van der Waals surface area (Å²) in [6.07, 6.45) is 1.90. The predicted octanol–water partition coefficient (Wildman–Crippen LogP) is 3.37. The number of hydrogen-bond donors (Lipinski definition) is 3. The molecule has 0 bridgehead atoms. The fraction of sp³-hybridized carbons (Fsp3) is 0.0625.